The second kappa shape index (κ2) is 4.76. The number of aromatic amines is 1. The Kier molecular flexibility index (Phi) is 3.16. The molecule has 0 amide bonds. The summed E-state index contributed by atoms with van der Waals surface area (Å²) >= 11 is 0. The first-order chi connectivity index (χ1) is 7.81. The molecule has 0 atom stereocenters. The average Bonchev–Trinajstić information content (AvgIpc) is 2.80. The third-order valence-electron chi connectivity index (χ3n) is 2.48. The van der Waals surface area contributed by atoms with Gasteiger partial charge in [0.25, 0.3) is 12.2 Å². The summed E-state index contributed by atoms with van der Waals surface area (Å²) in [7, 11) is 0. The van der Waals surface area contributed by atoms with Crippen LogP contribution < -0.4 is 11.1 Å². The Bertz CT molecular complexity index is 445. The second-order valence-electron chi connectivity index (χ2n) is 3.50. The molecule has 1 aromatic rings. The van der Waals surface area contributed by atoms with Crippen molar-refractivity contribution >= 4 is 17.7 Å². The highest BCUT2D eigenvalue weighted by atomic mass is 16.5. The standard InChI is InChI=1S/C11H14N4O/c12-7-14-11(13)10-2-1-9(15-10)8-3-5-16-6-4-8/h1-3,7,15H,4-6H2,(H3,12,13,14)/p+1. The van der Waals surface area contributed by atoms with Crippen molar-refractivity contribution in [3.63, 3.8) is 0 Å². The summed E-state index contributed by atoms with van der Waals surface area (Å²) in [6.07, 6.45) is 4.17. The summed E-state index contributed by atoms with van der Waals surface area (Å²) in [5.41, 5.74) is 8.81. The van der Waals surface area contributed by atoms with Gasteiger partial charge < -0.3 is 15.5 Å². The van der Waals surface area contributed by atoms with Crippen LogP contribution in [0.3, 0.4) is 0 Å². The van der Waals surface area contributed by atoms with Gasteiger partial charge in [0.1, 0.15) is 5.69 Å². The number of nitrogens with one attached hydrogen (secondary N) is 1. The van der Waals surface area contributed by atoms with Crippen molar-refractivity contribution in [1.82, 2.24) is 4.98 Å². The predicted octanol–water partition coefficient (Wildman–Crippen LogP) is -0.689. The molecule has 2 heterocycles. The highest BCUT2D eigenvalue weighted by molar-refractivity contribution is 5.99. The molecule has 84 valence electrons. The number of nitrogens with zero attached hydrogens (tertiary/aromatic N) is 1. The van der Waals surface area contributed by atoms with E-state index in [-0.39, 0.29) is 0 Å². The molecule has 5 heteroatoms. The Hall–Kier alpha value is -1.88. The molecule has 0 fully saturated rings. The third-order valence-corrected chi connectivity index (χ3v) is 2.48. The highest BCUT2D eigenvalue weighted by Crippen LogP contribution is 2.20. The normalized spacial score (nSPS) is 17.0. The van der Waals surface area contributed by atoms with Crippen LogP contribution in [0.1, 0.15) is 17.8 Å². The van der Waals surface area contributed by atoms with Crippen LogP contribution in [0.5, 0.6) is 0 Å². The van der Waals surface area contributed by atoms with E-state index < -0.39 is 0 Å². The van der Waals surface area contributed by atoms with Crippen molar-refractivity contribution in [2.24, 2.45) is 10.7 Å². The van der Waals surface area contributed by atoms with E-state index in [9.17, 15) is 0 Å². The lowest BCUT2D eigenvalue weighted by molar-refractivity contribution is -0.106. The molecule has 2 rings (SSSR count). The lowest BCUT2D eigenvalue weighted by Crippen LogP contribution is -2.30. The Morgan fingerprint density at radius 3 is 3.12 bits per heavy atom. The summed E-state index contributed by atoms with van der Waals surface area (Å²) in [6.45, 7) is 1.43. The number of aliphatic imine (C=N–C) groups is 1. The van der Waals surface area contributed by atoms with Gasteiger partial charge in [-0.2, -0.15) is 0 Å². The molecule has 1 aliphatic rings. The number of hydrogen-bond acceptors (Lipinski definition) is 1. The fourth-order valence-electron chi connectivity index (χ4n) is 1.65. The first-order valence-corrected chi connectivity index (χ1v) is 5.14. The molecule has 0 unspecified atom stereocenters. The van der Waals surface area contributed by atoms with E-state index in [2.05, 4.69) is 16.1 Å². The zero-order valence-corrected chi connectivity index (χ0v) is 8.94. The Balaban J connectivity index is 2.22. The summed E-state index contributed by atoms with van der Waals surface area (Å²) in [6, 6.07) is 3.89. The van der Waals surface area contributed by atoms with Gasteiger partial charge in [0.05, 0.1) is 13.2 Å². The number of rotatable bonds is 3. The number of aromatic nitrogens is 1. The quantitative estimate of drug-likeness (QED) is 0.464. The topological polar surface area (TPSA) is 89.0 Å². The van der Waals surface area contributed by atoms with E-state index in [1.165, 1.54) is 11.9 Å². The van der Waals surface area contributed by atoms with Crippen LogP contribution in [0.25, 0.3) is 5.57 Å². The van der Waals surface area contributed by atoms with Gasteiger partial charge in [-0.3, -0.25) is 5.41 Å². The minimum atomic E-state index is 0.390. The zero-order valence-electron chi connectivity index (χ0n) is 8.94. The molecular formula is C11H15N4O+. The van der Waals surface area contributed by atoms with Crippen molar-refractivity contribution in [1.29, 1.82) is 0 Å². The van der Waals surface area contributed by atoms with Gasteiger partial charge >= 0.3 is 0 Å². The molecule has 0 aromatic carbocycles. The minimum absolute atomic E-state index is 0.390. The van der Waals surface area contributed by atoms with Gasteiger partial charge in [-0.15, -0.1) is 0 Å². The summed E-state index contributed by atoms with van der Waals surface area (Å²) in [5.74, 6) is 0.390. The largest absolute Gasteiger partial charge is 0.377 e. The molecule has 0 radical (unpaired) electrons. The second-order valence-corrected chi connectivity index (χ2v) is 3.50. The van der Waals surface area contributed by atoms with Crippen molar-refractivity contribution in [2.45, 2.75) is 6.42 Å². The first-order valence-electron chi connectivity index (χ1n) is 5.14. The number of nitrogens with two attached hydrogens (primary N) is 2. The predicted molar refractivity (Wildman–Crippen MR) is 62.9 cm³/mol. The average molecular weight is 219 g/mol. The molecule has 1 aromatic heterocycles. The highest BCUT2D eigenvalue weighted by Gasteiger charge is 2.11. The van der Waals surface area contributed by atoms with Crippen molar-refractivity contribution in [2.75, 3.05) is 13.2 Å². The molecule has 0 aliphatic carbocycles. The summed E-state index contributed by atoms with van der Waals surface area (Å²) < 4.78 is 5.25. The van der Waals surface area contributed by atoms with Gasteiger partial charge in [-0.05, 0) is 29.1 Å². The van der Waals surface area contributed by atoms with Crippen molar-refractivity contribution < 1.29 is 10.1 Å². The fraction of sp³-hybridized carbons (Fsp3) is 0.273. The van der Waals surface area contributed by atoms with Crippen LogP contribution >= 0.6 is 0 Å². The maximum atomic E-state index is 5.71. The van der Waals surface area contributed by atoms with Crippen molar-refractivity contribution in [3.05, 3.63) is 29.6 Å². The SMILES string of the molecule is NC(=NC=[NH2+])c1ccc(C2=CCOCC2)[nH]1. The minimum Gasteiger partial charge on any atom is -0.377 e. The monoisotopic (exact) mass is 219 g/mol. The van der Waals surface area contributed by atoms with Gasteiger partial charge in [0, 0.05) is 5.69 Å². The van der Waals surface area contributed by atoms with Crippen LogP contribution in [0.4, 0.5) is 0 Å². The first kappa shape index (κ1) is 10.6. The van der Waals surface area contributed by atoms with Crippen molar-refractivity contribution in [3.8, 4) is 0 Å². The van der Waals surface area contributed by atoms with Gasteiger partial charge in [-0.25, -0.2) is 0 Å². The lowest BCUT2D eigenvalue weighted by Gasteiger charge is -2.11. The Morgan fingerprint density at radius 2 is 2.44 bits per heavy atom. The molecule has 1 aliphatic heterocycles. The van der Waals surface area contributed by atoms with Crippen LogP contribution in [-0.2, 0) is 4.74 Å². The van der Waals surface area contributed by atoms with Crippen LogP contribution in [0.15, 0.2) is 23.2 Å². The van der Waals surface area contributed by atoms with Gasteiger partial charge in [0.15, 0.2) is 0 Å². The molecule has 0 saturated carbocycles. The Morgan fingerprint density at radius 1 is 1.56 bits per heavy atom. The number of ether oxygens (including phenoxy) is 1. The van der Waals surface area contributed by atoms with E-state index in [1.54, 1.807) is 0 Å². The summed E-state index contributed by atoms with van der Waals surface area (Å²) in [4.78, 5) is 7.04. The van der Waals surface area contributed by atoms with Crippen LogP contribution in [0, 0.1) is 0 Å². The molecule has 0 bridgehead atoms. The molecule has 16 heavy (non-hydrogen) atoms. The number of H-pyrrole nitrogens is 1. The zero-order chi connectivity index (χ0) is 11.4. The maximum absolute atomic E-state index is 5.71. The van der Waals surface area contributed by atoms with Crippen LogP contribution in [-0.4, -0.2) is 30.4 Å². The van der Waals surface area contributed by atoms with Gasteiger partial charge in [0.2, 0.25) is 0 Å². The van der Waals surface area contributed by atoms with E-state index in [1.807, 2.05) is 12.1 Å². The van der Waals surface area contributed by atoms with Gasteiger partial charge in [-0.1, -0.05) is 6.08 Å². The molecule has 5 N–H and O–H groups in total. The summed E-state index contributed by atoms with van der Waals surface area (Å²) in [5, 5.41) is 5.18. The van der Waals surface area contributed by atoms with Crippen LogP contribution in [0.2, 0.25) is 0 Å². The van der Waals surface area contributed by atoms with E-state index in [0.717, 1.165) is 24.4 Å². The maximum Gasteiger partial charge on any atom is 0.280 e. The Labute approximate surface area is 93.5 Å². The smallest absolute Gasteiger partial charge is 0.280 e. The number of hydrogen-bond donors (Lipinski definition) is 3. The van der Waals surface area contributed by atoms with E-state index in [4.69, 9.17) is 15.9 Å². The number of amidine groups is 1. The third kappa shape index (κ3) is 2.20. The lowest BCUT2D eigenvalue weighted by atomic mass is 10.1. The fourth-order valence-corrected chi connectivity index (χ4v) is 1.65. The molecule has 0 saturated heterocycles. The van der Waals surface area contributed by atoms with E-state index >= 15 is 0 Å². The molecule has 5 nitrogen and oxygen atoms in total. The molecule has 0 spiro atoms. The van der Waals surface area contributed by atoms with E-state index in [0.29, 0.717) is 12.4 Å². The molecular weight excluding hydrogens is 204 g/mol.